The normalized spacial score (nSPS) is 10.4. The summed E-state index contributed by atoms with van der Waals surface area (Å²) >= 11 is 0. The first-order valence-electron chi connectivity index (χ1n) is 6.71. The Morgan fingerprint density at radius 3 is 2.86 bits per heavy atom. The lowest BCUT2D eigenvalue weighted by Gasteiger charge is -2.05. The van der Waals surface area contributed by atoms with Crippen LogP contribution >= 0.6 is 0 Å². The van der Waals surface area contributed by atoms with Gasteiger partial charge in [0.25, 0.3) is 5.91 Å². The molecular weight excluding hydrogens is 286 g/mol. The second-order valence-corrected chi connectivity index (χ2v) is 4.51. The van der Waals surface area contributed by atoms with Crippen LogP contribution in [0.4, 0.5) is 0 Å². The molecule has 1 aromatic carbocycles. The van der Waals surface area contributed by atoms with E-state index in [1.54, 1.807) is 12.1 Å². The van der Waals surface area contributed by atoms with Gasteiger partial charge in [-0.2, -0.15) is 0 Å². The zero-order chi connectivity index (χ0) is 15.9. The number of benzene rings is 1. The summed E-state index contributed by atoms with van der Waals surface area (Å²) in [6.45, 7) is 3.63. The molecule has 2 rings (SSSR count). The van der Waals surface area contributed by atoms with Crippen LogP contribution in [0.1, 0.15) is 16.1 Å². The largest absolute Gasteiger partial charge is 0.450 e. The summed E-state index contributed by atoms with van der Waals surface area (Å²) in [4.78, 5) is 23.5. The fourth-order valence-electron chi connectivity index (χ4n) is 1.98. The summed E-state index contributed by atoms with van der Waals surface area (Å²) < 4.78 is 15.6. The van der Waals surface area contributed by atoms with Crippen molar-refractivity contribution < 1.29 is 23.5 Å². The van der Waals surface area contributed by atoms with Gasteiger partial charge in [-0.3, -0.25) is 4.79 Å². The zero-order valence-electron chi connectivity index (χ0n) is 12.3. The van der Waals surface area contributed by atoms with Gasteiger partial charge in [-0.05, 0) is 6.07 Å². The Hall–Kier alpha value is -2.60. The van der Waals surface area contributed by atoms with Crippen molar-refractivity contribution in [3.8, 4) is 0 Å². The quantitative estimate of drug-likeness (QED) is 0.625. The van der Waals surface area contributed by atoms with Gasteiger partial charge < -0.3 is 19.2 Å². The molecule has 0 bridgehead atoms. The molecule has 1 amide bonds. The van der Waals surface area contributed by atoms with Crippen molar-refractivity contribution in [3.63, 3.8) is 0 Å². The van der Waals surface area contributed by atoms with Crippen molar-refractivity contribution in [2.75, 3.05) is 20.3 Å². The first kappa shape index (κ1) is 15.8. The molecule has 6 heteroatoms. The molecule has 0 aliphatic heterocycles. The fraction of sp³-hybridized carbons (Fsp3) is 0.250. The van der Waals surface area contributed by atoms with Crippen molar-refractivity contribution in [2.45, 2.75) is 6.61 Å². The topological polar surface area (TPSA) is 77.8 Å². The third kappa shape index (κ3) is 3.53. The molecule has 0 spiro atoms. The van der Waals surface area contributed by atoms with Crippen molar-refractivity contribution in [2.24, 2.45) is 0 Å². The van der Waals surface area contributed by atoms with Crippen LogP contribution < -0.4 is 5.32 Å². The maximum Gasteiger partial charge on any atom is 0.375 e. The molecule has 0 atom stereocenters. The third-order valence-corrected chi connectivity index (χ3v) is 2.95. The number of methoxy groups -OCH3 is 1. The zero-order valence-corrected chi connectivity index (χ0v) is 12.3. The van der Waals surface area contributed by atoms with E-state index in [4.69, 9.17) is 13.9 Å². The first-order chi connectivity index (χ1) is 10.7. The van der Waals surface area contributed by atoms with Crippen molar-refractivity contribution in [1.29, 1.82) is 0 Å². The third-order valence-electron chi connectivity index (χ3n) is 2.95. The highest BCUT2D eigenvalue weighted by Crippen LogP contribution is 2.27. The van der Waals surface area contributed by atoms with Crippen LogP contribution in [0.15, 0.2) is 41.3 Å². The van der Waals surface area contributed by atoms with Crippen LogP contribution in [-0.4, -0.2) is 32.1 Å². The van der Waals surface area contributed by atoms with E-state index < -0.39 is 11.9 Å². The van der Waals surface area contributed by atoms with Gasteiger partial charge in [-0.1, -0.05) is 24.3 Å². The lowest BCUT2D eigenvalue weighted by molar-refractivity contribution is -0.124. The molecule has 0 radical (unpaired) electrons. The Morgan fingerprint density at radius 1 is 1.36 bits per heavy atom. The Kier molecular flexibility index (Phi) is 5.32. The molecule has 1 aromatic heterocycles. The van der Waals surface area contributed by atoms with Crippen LogP contribution in [0.25, 0.3) is 11.0 Å². The predicted molar refractivity (Wildman–Crippen MR) is 80.4 cm³/mol. The van der Waals surface area contributed by atoms with Gasteiger partial charge in [0.05, 0.1) is 6.61 Å². The lowest BCUT2D eigenvalue weighted by Crippen LogP contribution is -2.28. The van der Waals surface area contributed by atoms with Crippen LogP contribution in [0.2, 0.25) is 0 Å². The van der Waals surface area contributed by atoms with Crippen LogP contribution in [0, 0.1) is 0 Å². The number of nitrogens with one attached hydrogen (secondary N) is 1. The molecule has 1 N–H and O–H groups in total. The van der Waals surface area contributed by atoms with Gasteiger partial charge in [0, 0.05) is 24.6 Å². The molecule has 0 saturated carbocycles. The number of amides is 1. The van der Waals surface area contributed by atoms with E-state index in [1.165, 1.54) is 13.2 Å². The van der Waals surface area contributed by atoms with Gasteiger partial charge in [0.15, 0.2) is 6.61 Å². The van der Waals surface area contributed by atoms with Crippen molar-refractivity contribution in [3.05, 3.63) is 48.2 Å². The molecule has 0 fully saturated rings. The molecule has 22 heavy (non-hydrogen) atoms. The van der Waals surface area contributed by atoms with E-state index in [0.717, 1.165) is 5.39 Å². The van der Waals surface area contributed by atoms with Gasteiger partial charge in [0.2, 0.25) is 5.76 Å². The summed E-state index contributed by atoms with van der Waals surface area (Å²) in [6, 6.07) is 7.23. The highest BCUT2D eigenvalue weighted by Gasteiger charge is 2.22. The standard InChI is InChI=1S/C16H17NO5/c1-3-8-17-14(18)10-21-16(19)15-12(9-20-2)11-6-4-5-7-13(11)22-15/h3-7H,1,8-10H2,2H3,(H,17,18). The van der Waals surface area contributed by atoms with Crippen LogP contribution in [0.3, 0.4) is 0 Å². The van der Waals surface area contributed by atoms with E-state index in [1.807, 2.05) is 12.1 Å². The average molecular weight is 303 g/mol. The van der Waals surface area contributed by atoms with Crippen LogP contribution in [0.5, 0.6) is 0 Å². The van der Waals surface area contributed by atoms with E-state index in [0.29, 0.717) is 17.7 Å². The number of hydrogen-bond donors (Lipinski definition) is 1. The molecule has 116 valence electrons. The van der Waals surface area contributed by atoms with E-state index in [9.17, 15) is 9.59 Å². The predicted octanol–water partition coefficient (Wildman–Crippen LogP) is 2.04. The summed E-state index contributed by atoms with van der Waals surface area (Å²) in [5.41, 5.74) is 1.17. The van der Waals surface area contributed by atoms with E-state index in [-0.39, 0.29) is 19.0 Å². The SMILES string of the molecule is C=CCNC(=O)COC(=O)c1oc2ccccc2c1COC. The molecule has 1 heterocycles. The fourth-order valence-corrected chi connectivity index (χ4v) is 1.98. The Morgan fingerprint density at radius 2 is 2.14 bits per heavy atom. The number of fused-ring (bicyclic) bond motifs is 1. The maximum atomic E-state index is 12.1. The maximum absolute atomic E-state index is 12.1. The Balaban J connectivity index is 2.15. The van der Waals surface area contributed by atoms with Gasteiger partial charge in [0.1, 0.15) is 5.58 Å². The number of ether oxygens (including phenoxy) is 2. The monoisotopic (exact) mass is 303 g/mol. The van der Waals surface area contributed by atoms with Crippen molar-refractivity contribution in [1.82, 2.24) is 5.32 Å². The number of hydrogen-bond acceptors (Lipinski definition) is 5. The van der Waals surface area contributed by atoms with E-state index >= 15 is 0 Å². The highest BCUT2D eigenvalue weighted by molar-refractivity contribution is 5.96. The number of furan rings is 1. The molecule has 6 nitrogen and oxygen atoms in total. The van der Waals surface area contributed by atoms with E-state index in [2.05, 4.69) is 11.9 Å². The summed E-state index contributed by atoms with van der Waals surface area (Å²) in [7, 11) is 1.53. The first-order valence-corrected chi connectivity index (χ1v) is 6.71. The average Bonchev–Trinajstić information content (AvgIpc) is 2.90. The second kappa shape index (κ2) is 7.42. The minimum absolute atomic E-state index is 0.0552. The highest BCUT2D eigenvalue weighted by atomic mass is 16.5. The smallest absolute Gasteiger partial charge is 0.375 e. The molecule has 0 aliphatic carbocycles. The molecule has 0 unspecified atom stereocenters. The minimum atomic E-state index is -0.697. The van der Waals surface area contributed by atoms with Crippen molar-refractivity contribution >= 4 is 22.8 Å². The van der Waals surface area contributed by atoms with Crippen LogP contribution in [-0.2, 0) is 20.9 Å². The molecule has 0 saturated heterocycles. The minimum Gasteiger partial charge on any atom is -0.450 e. The number of carbonyl (C=O) groups excluding carboxylic acids is 2. The summed E-state index contributed by atoms with van der Waals surface area (Å²) in [6.07, 6.45) is 1.54. The lowest BCUT2D eigenvalue weighted by atomic mass is 10.1. The molecular formula is C16H17NO5. The number of rotatable bonds is 7. The Bertz CT molecular complexity index is 689. The van der Waals surface area contributed by atoms with Gasteiger partial charge >= 0.3 is 5.97 Å². The number of para-hydroxylation sites is 1. The second-order valence-electron chi connectivity index (χ2n) is 4.51. The molecule has 0 aliphatic rings. The summed E-state index contributed by atoms with van der Waals surface area (Å²) in [5, 5.41) is 3.30. The van der Waals surface area contributed by atoms with Gasteiger partial charge in [-0.15, -0.1) is 6.58 Å². The number of carbonyl (C=O) groups is 2. The number of esters is 1. The molecule has 2 aromatic rings. The Labute approximate surface area is 127 Å². The summed E-state index contributed by atoms with van der Waals surface area (Å²) in [5.74, 6) is -1.05. The van der Waals surface area contributed by atoms with Gasteiger partial charge in [-0.25, -0.2) is 4.79 Å².